The second-order valence-corrected chi connectivity index (χ2v) is 7.30. The molecule has 2 aliphatic rings. The molecule has 0 aliphatic carbocycles. The first-order valence-electron chi connectivity index (χ1n) is 9.17. The zero-order valence-electron chi connectivity index (χ0n) is 15.1. The lowest BCUT2D eigenvalue weighted by Gasteiger charge is -2.38. The lowest BCUT2D eigenvalue weighted by Crippen LogP contribution is -2.50. The summed E-state index contributed by atoms with van der Waals surface area (Å²) in [7, 11) is 0. The van der Waals surface area contributed by atoms with Crippen molar-refractivity contribution in [3.05, 3.63) is 30.1 Å². The van der Waals surface area contributed by atoms with Crippen LogP contribution in [0.5, 0.6) is 0 Å². The van der Waals surface area contributed by atoms with Crippen LogP contribution in [0.4, 0.5) is 10.1 Å². The van der Waals surface area contributed by atoms with Gasteiger partial charge in [-0.2, -0.15) is 0 Å². The van der Waals surface area contributed by atoms with Gasteiger partial charge in [-0.15, -0.1) is 0 Å². The predicted octanol–water partition coefficient (Wildman–Crippen LogP) is 2.34. The van der Waals surface area contributed by atoms with Gasteiger partial charge in [0.25, 0.3) is 0 Å². The summed E-state index contributed by atoms with van der Waals surface area (Å²) in [6, 6.07) is 6.42. The van der Waals surface area contributed by atoms with Gasteiger partial charge in [0.2, 0.25) is 5.91 Å². The number of rotatable bonds is 5. The van der Waals surface area contributed by atoms with Crippen LogP contribution in [-0.2, 0) is 9.53 Å². The van der Waals surface area contributed by atoms with Crippen LogP contribution < -0.4 is 5.32 Å². The van der Waals surface area contributed by atoms with Gasteiger partial charge in [-0.1, -0.05) is 6.07 Å². The minimum absolute atomic E-state index is 0.0822. The summed E-state index contributed by atoms with van der Waals surface area (Å²) < 4.78 is 19.0. The Labute approximate surface area is 149 Å². The average molecular weight is 349 g/mol. The topological polar surface area (TPSA) is 44.8 Å². The second-order valence-electron chi connectivity index (χ2n) is 7.30. The van der Waals surface area contributed by atoms with E-state index in [4.69, 9.17) is 4.74 Å². The lowest BCUT2D eigenvalue weighted by atomic mass is 10.1. The maximum atomic E-state index is 13.2. The fourth-order valence-electron chi connectivity index (χ4n) is 3.99. The van der Waals surface area contributed by atoms with Crippen molar-refractivity contribution in [2.45, 2.75) is 44.9 Å². The summed E-state index contributed by atoms with van der Waals surface area (Å²) in [4.78, 5) is 17.0. The second kappa shape index (κ2) is 8.25. The SMILES string of the molecule is C[C@@H]1CN(C[C@H]2CCCN2CC(=O)Nc2cccc(F)c2)C[C@H](C)O1. The fourth-order valence-corrected chi connectivity index (χ4v) is 3.99. The number of morpholine rings is 1. The largest absolute Gasteiger partial charge is 0.373 e. The van der Waals surface area contributed by atoms with Crippen LogP contribution in [0.2, 0.25) is 0 Å². The van der Waals surface area contributed by atoms with E-state index in [0.29, 0.717) is 18.3 Å². The van der Waals surface area contributed by atoms with E-state index in [1.54, 1.807) is 12.1 Å². The summed E-state index contributed by atoms with van der Waals surface area (Å²) in [5.74, 6) is -0.423. The standard InChI is InChI=1S/C19H28FN3O2/c1-14-10-22(11-15(2)25-14)12-18-7-4-8-23(18)13-19(24)21-17-6-3-5-16(20)9-17/h3,5-6,9,14-15,18H,4,7-8,10-13H2,1-2H3,(H,21,24)/t14-,15+,18-/m1/s1. The van der Waals surface area contributed by atoms with Crippen molar-refractivity contribution in [3.63, 3.8) is 0 Å². The van der Waals surface area contributed by atoms with Crippen molar-refractivity contribution in [2.24, 2.45) is 0 Å². The summed E-state index contributed by atoms with van der Waals surface area (Å²) in [5.41, 5.74) is 0.511. The monoisotopic (exact) mass is 349 g/mol. The molecule has 0 radical (unpaired) electrons. The third-order valence-electron chi connectivity index (χ3n) is 4.92. The van der Waals surface area contributed by atoms with Crippen LogP contribution in [0, 0.1) is 5.82 Å². The molecule has 0 saturated carbocycles. The van der Waals surface area contributed by atoms with Gasteiger partial charge in [0.15, 0.2) is 0 Å². The van der Waals surface area contributed by atoms with Gasteiger partial charge in [0.1, 0.15) is 5.82 Å². The number of ether oxygens (including phenoxy) is 1. The third-order valence-corrected chi connectivity index (χ3v) is 4.92. The molecule has 2 heterocycles. The van der Waals surface area contributed by atoms with Crippen LogP contribution in [0.1, 0.15) is 26.7 Å². The van der Waals surface area contributed by atoms with Crippen LogP contribution in [0.3, 0.4) is 0 Å². The Balaban J connectivity index is 1.52. The Hall–Kier alpha value is -1.50. The molecule has 1 amide bonds. The molecule has 2 fully saturated rings. The van der Waals surface area contributed by atoms with E-state index < -0.39 is 0 Å². The van der Waals surface area contributed by atoms with Crippen molar-refractivity contribution in [1.82, 2.24) is 9.80 Å². The number of nitrogens with zero attached hydrogens (tertiary/aromatic N) is 2. The van der Waals surface area contributed by atoms with E-state index in [-0.39, 0.29) is 23.9 Å². The number of benzene rings is 1. The van der Waals surface area contributed by atoms with Crippen LogP contribution in [0.15, 0.2) is 24.3 Å². The van der Waals surface area contributed by atoms with Crippen molar-refractivity contribution in [1.29, 1.82) is 0 Å². The zero-order chi connectivity index (χ0) is 17.8. The van der Waals surface area contributed by atoms with Gasteiger partial charge in [0, 0.05) is 31.4 Å². The molecule has 1 aromatic rings. The summed E-state index contributed by atoms with van der Waals surface area (Å²) in [5, 5.41) is 2.79. The van der Waals surface area contributed by atoms with E-state index in [9.17, 15) is 9.18 Å². The first kappa shape index (κ1) is 18.3. The summed E-state index contributed by atoms with van der Waals surface area (Å²) >= 11 is 0. The molecule has 1 aromatic carbocycles. The van der Waals surface area contributed by atoms with Crippen LogP contribution >= 0.6 is 0 Å². The number of amides is 1. The lowest BCUT2D eigenvalue weighted by molar-refractivity contribution is -0.117. The number of carbonyl (C=O) groups excluding carboxylic acids is 1. The number of hydrogen-bond donors (Lipinski definition) is 1. The maximum Gasteiger partial charge on any atom is 0.238 e. The van der Waals surface area contributed by atoms with E-state index in [1.807, 2.05) is 0 Å². The first-order valence-corrected chi connectivity index (χ1v) is 9.17. The highest BCUT2D eigenvalue weighted by atomic mass is 19.1. The normalized spacial score (nSPS) is 28.2. The minimum atomic E-state index is -0.340. The number of nitrogens with one attached hydrogen (secondary N) is 1. The van der Waals surface area contributed by atoms with Crippen molar-refractivity contribution in [3.8, 4) is 0 Å². The van der Waals surface area contributed by atoms with Crippen LogP contribution in [-0.4, -0.2) is 66.7 Å². The van der Waals surface area contributed by atoms with Crippen molar-refractivity contribution >= 4 is 11.6 Å². The highest BCUT2D eigenvalue weighted by Gasteiger charge is 2.30. The number of hydrogen-bond acceptors (Lipinski definition) is 4. The average Bonchev–Trinajstić information content (AvgIpc) is 2.93. The molecule has 2 saturated heterocycles. The summed E-state index contributed by atoms with van der Waals surface area (Å²) in [6.07, 6.45) is 2.76. The number of carbonyl (C=O) groups is 1. The Bertz CT molecular complexity index is 588. The molecule has 0 aromatic heterocycles. The number of likely N-dealkylation sites (tertiary alicyclic amines) is 1. The zero-order valence-corrected chi connectivity index (χ0v) is 15.1. The first-order chi connectivity index (χ1) is 12.0. The van der Waals surface area contributed by atoms with E-state index in [1.165, 1.54) is 12.1 Å². The van der Waals surface area contributed by atoms with Gasteiger partial charge in [-0.3, -0.25) is 14.6 Å². The molecule has 25 heavy (non-hydrogen) atoms. The highest BCUT2D eigenvalue weighted by Crippen LogP contribution is 2.20. The molecular formula is C19H28FN3O2. The Morgan fingerprint density at radius 1 is 1.32 bits per heavy atom. The molecule has 1 N–H and O–H groups in total. The van der Waals surface area contributed by atoms with E-state index >= 15 is 0 Å². The molecule has 5 nitrogen and oxygen atoms in total. The van der Waals surface area contributed by atoms with Crippen LogP contribution in [0.25, 0.3) is 0 Å². The van der Waals surface area contributed by atoms with Gasteiger partial charge in [-0.05, 0) is 51.4 Å². The predicted molar refractivity (Wildman–Crippen MR) is 96.1 cm³/mol. The Morgan fingerprint density at radius 3 is 2.80 bits per heavy atom. The summed E-state index contributed by atoms with van der Waals surface area (Å²) in [6.45, 7) is 8.40. The Morgan fingerprint density at radius 2 is 2.08 bits per heavy atom. The Kier molecular flexibility index (Phi) is 6.04. The number of anilines is 1. The molecule has 138 valence electrons. The molecular weight excluding hydrogens is 321 g/mol. The van der Waals surface area contributed by atoms with Crippen molar-refractivity contribution < 1.29 is 13.9 Å². The van der Waals surface area contributed by atoms with Gasteiger partial charge >= 0.3 is 0 Å². The molecule has 3 atom stereocenters. The fraction of sp³-hybridized carbons (Fsp3) is 0.632. The third kappa shape index (κ3) is 5.23. The van der Waals surface area contributed by atoms with Gasteiger partial charge in [-0.25, -0.2) is 4.39 Å². The molecule has 3 rings (SSSR count). The maximum absolute atomic E-state index is 13.2. The molecule has 0 unspecified atom stereocenters. The highest BCUT2D eigenvalue weighted by molar-refractivity contribution is 5.92. The number of halogens is 1. The van der Waals surface area contributed by atoms with Crippen molar-refractivity contribution in [2.75, 3.05) is 38.0 Å². The van der Waals surface area contributed by atoms with Gasteiger partial charge in [0.05, 0.1) is 18.8 Å². The molecule has 0 bridgehead atoms. The smallest absolute Gasteiger partial charge is 0.238 e. The van der Waals surface area contributed by atoms with E-state index in [0.717, 1.165) is 39.0 Å². The molecule has 0 spiro atoms. The quantitative estimate of drug-likeness (QED) is 0.886. The minimum Gasteiger partial charge on any atom is -0.373 e. The molecule has 2 aliphatic heterocycles. The van der Waals surface area contributed by atoms with E-state index in [2.05, 4.69) is 29.0 Å². The van der Waals surface area contributed by atoms with Gasteiger partial charge < -0.3 is 10.1 Å². The molecule has 6 heteroatoms.